The summed E-state index contributed by atoms with van der Waals surface area (Å²) in [5, 5.41) is 3.46. The molecule has 1 N–H and O–H groups in total. The first-order chi connectivity index (χ1) is 16.7. The number of para-hydroxylation sites is 1. The van der Waals surface area contributed by atoms with Gasteiger partial charge in [0.05, 0.1) is 11.8 Å². The second kappa shape index (κ2) is 10.2. The van der Waals surface area contributed by atoms with Gasteiger partial charge in [-0.1, -0.05) is 24.3 Å². The van der Waals surface area contributed by atoms with E-state index in [4.69, 9.17) is 9.72 Å². The monoisotopic (exact) mass is 456 g/mol. The van der Waals surface area contributed by atoms with Crippen molar-refractivity contribution in [3.63, 3.8) is 0 Å². The van der Waals surface area contributed by atoms with Crippen molar-refractivity contribution in [3.8, 4) is 17.0 Å². The van der Waals surface area contributed by atoms with Crippen LogP contribution in [0.15, 0.2) is 67.6 Å². The quantitative estimate of drug-likeness (QED) is 0.484. The Balaban J connectivity index is 1.25. The zero-order chi connectivity index (χ0) is 23.3. The molecule has 3 aromatic rings. The smallest absolute Gasteiger partial charge is 0.129 e. The molecule has 1 aromatic carbocycles. The third kappa shape index (κ3) is 5.37. The molecule has 176 valence electrons. The molecular weight excluding hydrogens is 424 g/mol. The van der Waals surface area contributed by atoms with Gasteiger partial charge in [0.1, 0.15) is 23.7 Å². The Bertz CT molecular complexity index is 1110. The van der Waals surface area contributed by atoms with Gasteiger partial charge in [-0.3, -0.25) is 0 Å². The van der Waals surface area contributed by atoms with Crippen LogP contribution in [-0.2, 0) is 0 Å². The molecule has 1 saturated heterocycles. The Labute approximate surface area is 201 Å². The van der Waals surface area contributed by atoms with Crippen LogP contribution in [0.3, 0.4) is 0 Å². The van der Waals surface area contributed by atoms with Gasteiger partial charge in [-0.2, -0.15) is 0 Å². The Morgan fingerprint density at radius 3 is 2.65 bits per heavy atom. The molecule has 1 atom stereocenters. The van der Waals surface area contributed by atoms with E-state index in [1.54, 1.807) is 6.33 Å². The molecule has 2 fully saturated rings. The van der Waals surface area contributed by atoms with Gasteiger partial charge in [0.25, 0.3) is 0 Å². The summed E-state index contributed by atoms with van der Waals surface area (Å²) in [5.41, 5.74) is 2.98. The van der Waals surface area contributed by atoms with E-state index >= 15 is 0 Å². The van der Waals surface area contributed by atoms with Crippen molar-refractivity contribution < 1.29 is 4.74 Å². The number of hydrogen-bond donors (Lipinski definition) is 1. The van der Waals surface area contributed by atoms with Crippen LogP contribution < -0.4 is 15.0 Å². The highest BCUT2D eigenvalue weighted by atomic mass is 16.5. The number of nitrogens with zero attached hydrogens (tertiary/aromatic N) is 5. The summed E-state index contributed by atoms with van der Waals surface area (Å²) in [6.45, 7) is 8.86. The van der Waals surface area contributed by atoms with Crippen molar-refractivity contribution in [1.29, 1.82) is 0 Å². The highest BCUT2D eigenvalue weighted by Crippen LogP contribution is 2.33. The average molecular weight is 457 g/mol. The van der Waals surface area contributed by atoms with Crippen molar-refractivity contribution in [1.82, 2.24) is 19.9 Å². The molecule has 2 aliphatic rings. The lowest BCUT2D eigenvalue weighted by molar-refractivity contribution is 0.299. The average Bonchev–Trinajstić information content (AvgIpc) is 3.70. The minimum absolute atomic E-state index is 0.109. The van der Waals surface area contributed by atoms with Crippen LogP contribution in [0.5, 0.6) is 5.75 Å². The summed E-state index contributed by atoms with van der Waals surface area (Å²) in [4.78, 5) is 18.3. The first-order valence-corrected chi connectivity index (χ1v) is 12.0. The van der Waals surface area contributed by atoms with Crippen molar-refractivity contribution >= 4 is 11.6 Å². The maximum Gasteiger partial charge on any atom is 0.129 e. The van der Waals surface area contributed by atoms with E-state index in [1.807, 2.05) is 36.5 Å². The van der Waals surface area contributed by atoms with Crippen molar-refractivity contribution in [2.75, 3.05) is 50.0 Å². The Hall–Kier alpha value is -3.45. The largest absolute Gasteiger partial charge is 0.490 e. The lowest BCUT2D eigenvalue weighted by Gasteiger charge is -2.33. The maximum absolute atomic E-state index is 6.11. The van der Waals surface area contributed by atoms with E-state index in [-0.39, 0.29) is 5.92 Å². The van der Waals surface area contributed by atoms with Gasteiger partial charge in [-0.15, -0.1) is 6.58 Å². The molecule has 1 saturated carbocycles. The summed E-state index contributed by atoms with van der Waals surface area (Å²) in [6.07, 6.45) is 8.10. The fraction of sp³-hybridized carbons (Fsp3) is 0.370. The molecule has 3 heterocycles. The van der Waals surface area contributed by atoms with Crippen LogP contribution in [0.25, 0.3) is 11.3 Å². The van der Waals surface area contributed by atoms with Crippen LogP contribution >= 0.6 is 0 Å². The zero-order valence-corrected chi connectivity index (χ0v) is 19.7. The van der Waals surface area contributed by atoms with Gasteiger partial charge in [0, 0.05) is 62.0 Å². The summed E-state index contributed by atoms with van der Waals surface area (Å²) in [5.74, 6) is 2.86. The number of ether oxygens (including phenoxy) is 1. The second-order valence-corrected chi connectivity index (χ2v) is 9.06. The maximum atomic E-state index is 6.11. The van der Waals surface area contributed by atoms with E-state index in [2.05, 4.69) is 56.9 Å². The number of pyridine rings is 1. The van der Waals surface area contributed by atoms with E-state index in [0.717, 1.165) is 73.2 Å². The molecule has 1 aliphatic carbocycles. The molecule has 7 heteroatoms. The highest BCUT2D eigenvalue weighted by Gasteiger charge is 2.25. The van der Waals surface area contributed by atoms with Gasteiger partial charge >= 0.3 is 0 Å². The predicted octanol–water partition coefficient (Wildman–Crippen LogP) is 4.21. The summed E-state index contributed by atoms with van der Waals surface area (Å²) in [6, 6.07) is 14.4. The van der Waals surface area contributed by atoms with Crippen LogP contribution in [0, 0.1) is 0 Å². The molecule has 5 rings (SSSR count). The molecule has 1 aliphatic heterocycles. The SMILES string of the molecule is C=C[C@H](CNc1cc(-c2ccc(N3CCN(C)CC3)nc2)ncn1)c1ccccc1OC1CC1. The molecule has 7 nitrogen and oxygen atoms in total. The van der Waals surface area contributed by atoms with Gasteiger partial charge in [-0.25, -0.2) is 15.0 Å². The van der Waals surface area contributed by atoms with Crippen LogP contribution in [0.4, 0.5) is 11.6 Å². The topological polar surface area (TPSA) is 66.4 Å². The molecule has 0 bridgehead atoms. The Morgan fingerprint density at radius 1 is 1.09 bits per heavy atom. The number of anilines is 2. The van der Waals surface area contributed by atoms with E-state index in [1.165, 1.54) is 0 Å². The minimum atomic E-state index is 0.109. The molecule has 0 spiro atoms. The Morgan fingerprint density at radius 2 is 1.91 bits per heavy atom. The number of hydrogen-bond acceptors (Lipinski definition) is 7. The predicted molar refractivity (Wildman–Crippen MR) is 136 cm³/mol. The first kappa shape index (κ1) is 22.3. The molecular formula is C27H32N6O. The van der Waals surface area contributed by atoms with E-state index in [0.29, 0.717) is 12.6 Å². The number of aromatic nitrogens is 3. The van der Waals surface area contributed by atoms with Gasteiger partial charge in [-0.05, 0) is 38.1 Å². The molecule has 0 amide bonds. The third-order valence-corrected chi connectivity index (χ3v) is 6.46. The first-order valence-electron chi connectivity index (χ1n) is 12.0. The molecule has 0 radical (unpaired) electrons. The van der Waals surface area contributed by atoms with E-state index in [9.17, 15) is 0 Å². The Kier molecular flexibility index (Phi) is 6.72. The van der Waals surface area contributed by atoms with Gasteiger partial charge in [0.2, 0.25) is 0 Å². The van der Waals surface area contributed by atoms with Crippen molar-refractivity contribution in [2.45, 2.75) is 24.9 Å². The molecule has 0 unspecified atom stereocenters. The third-order valence-electron chi connectivity index (χ3n) is 6.46. The molecule has 34 heavy (non-hydrogen) atoms. The van der Waals surface area contributed by atoms with Crippen LogP contribution in [-0.4, -0.2) is 65.7 Å². The lowest BCUT2D eigenvalue weighted by atomic mass is 9.98. The number of likely N-dealkylation sites (N-methyl/N-ethyl adjacent to an activating group) is 1. The fourth-order valence-electron chi connectivity index (χ4n) is 4.17. The number of nitrogens with one attached hydrogen (secondary N) is 1. The number of benzene rings is 1. The minimum Gasteiger partial charge on any atom is -0.490 e. The lowest BCUT2D eigenvalue weighted by Crippen LogP contribution is -2.44. The van der Waals surface area contributed by atoms with Gasteiger partial charge < -0.3 is 19.9 Å². The van der Waals surface area contributed by atoms with Crippen LogP contribution in [0.1, 0.15) is 24.3 Å². The second-order valence-electron chi connectivity index (χ2n) is 9.06. The van der Waals surface area contributed by atoms with Crippen molar-refractivity contribution in [3.05, 3.63) is 73.2 Å². The van der Waals surface area contributed by atoms with Crippen molar-refractivity contribution in [2.24, 2.45) is 0 Å². The summed E-state index contributed by atoms with van der Waals surface area (Å²) >= 11 is 0. The fourth-order valence-corrected chi connectivity index (χ4v) is 4.17. The number of rotatable bonds is 9. The number of piperazine rings is 1. The zero-order valence-electron chi connectivity index (χ0n) is 19.7. The van der Waals surface area contributed by atoms with E-state index < -0.39 is 0 Å². The summed E-state index contributed by atoms with van der Waals surface area (Å²) in [7, 11) is 2.16. The standard InChI is InChI=1S/C27H32N6O/c1-3-20(23-6-4-5-7-25(23)34-22-9-10-22)17-28-26-16-24(30-19-31-26)21-8-11-27(29-18-21)33-14-12-32(2)13-15-33/h3-8,11,16,18-20,22H,1,9-10,12-15,17H2,2H3,(H,28,30,31)/t20-/m1/s1. The molecule has 2 aromatic heterocycles. The normalized spacial score (nSPS) is 17.3. The van der Waals surface area contributed by atoms with Gasteiger partial charge in [0.15, 0.2) is 0 Å². The highest BCUT2D eigenvalue weighted by molar-refractivity contribution is 5.63. The summed E-state index contributed by atoms with van der Waals surface area (Å²) < 4.78 is 6.11. The van der Waals surface area contributed by atoms with Crippen LogP contribution in [0.2, 0.25) is 0 Å².